The Morgan fingerprint density at radius 1 is 1.05 bits per heavy atom. The first-order valence-electron chi connectivity index (χ1n) is 7.14. The minimum Gasteiger partial charge on any atom is -0.508 e. The second-order valence-electron chi connectivity index (χ2n) is 5.47. The molecule has 0 radical (unpaired) electrons. The number of amides is 1. The number of phenolic OH excluding ortho intramolecular Hbond substituents is 3. The van der Waals surface area contributed by atoms with Crippen LogP contribution >= 0.6 is 0 Å². The highest BCUT2D eigenvalue weighted by atomic mass is 16.3. The molecule has 1 heterocycles. The van der Waals surface area contributed by atoms with E-state index >= 15 is 0 Å². The standard InChI is InChI=1S/C17H17NO4/c1-2-10-6-14(16(21)7-15(10)20)17(22)18-8-11-3-4-13(19)5-12(11)9-18/h3-7,19-21H,2,8-9H2,1H3. The molecular weight excluding hydrogens is 282 g/mol. The Bertz CT molecular complexity index is 755. The van der Waals surface area contributed by atoms with Gasteiger partial charge < -0.3 is 20.2 Å². The van der Waals surface area contributed by atoms with Crippen molar-refractivity contribution in [2.45, 2.75) is 26.4 Å². The van der Waals surface area contributed by atoms with Crippen molar-refractivity contribution < 1.29 is 20.1 Å². The van der Waals surface area contributed by atoms with Gasteiger partial charge in [0.05, 0.1) is 5.56 Å². The van der Waals surface area contributed by atoms with Crippen LogP contribution < -0.4 is 0 Å². The van der Waals surface area contributed by atoms with Gasteiger partial charge in [-0.25, -0.2) is 0 Å². The van der Waals surface area contributed by atoms with Gasteiger partial charge in [-0.05, 0) is 41.3 Å². The van der Waals surface area contributed by atoms with E-state index < -0.39 is 0 Å². The summed E-state index contributed by atoms with van der Waals surface area (Å²) in [6.45, 7) is 2.70. The number of benzene rings is 2. The maximum absolute atomic E-state index is 12.6. The minimum absolute atomic E-state index is 0.00817. The molecule has 0 unspecified atom stereocenters. The normalized spacial score (nSPS) is 13.2. The summed E-state index contributed by atoms with van der Waals surface area (Å²) >= 11 is 0. The first-order valence-corrected chi connectivity index (χ1v) is 7.14. The molecule has 0 atom stereocenters. The van der Waals surface area contributed by atoms with Crippen LogP contribution in [0.25, 0.3) is 0 Å². The Balaban J connectivity index is 1.90. The molecule has 0 aromatic heterocycles. The quantitative estimate of drug-likeness (QED) is 0.796. The van der Waals surface area contributed by atoms with Crippen LogP contribution in [-0.2, 0) is 19.5 Å². The second-order valence-corrected chi connectivity index (χ2v) is 5.47. The lowest BCUT2D eigenvalue weighted by atomic mass is 10.1. The summed E-state index contributed by atoms with van der Waals surface area (Å²) in [5.41, 5.74) is 2.70. The van der Waals surface area contributed by atoms with E-state index in [1.54, 1.807) is 23.1 Å². The molecule has 0 saturated heterocycles. The second kappa shape index (κ2) is 5.26. The van der Waals surface area contributed by atoms with Crippen molar-refractivity contribution in [1.29, 1.82) is 0 Å². The number of phenols is 3. The molecule has 114 valence electrons. The fourth-order valence-electron chi connectivity index (χ4n) is 2.77. The zero-order valence-corrected chi connectivity index (χ0v) is 12.2. The zero-order chi connectivity index (χ0) is 15.9. The molecular formula is C17H17NO4. The monoisotopic (exact) mass is 299 g/mol. The number of hydrogen-bond donors (Lipinski definition) is 3. The number of nitrogens with zero attached hydrogens (tertiary/aromatic N) is 1. The molecule has 2 aromatic rings. The number of fused-ring (bicyclic) bond motifs is 1. The molecule has 3 rings (SSSR count). The third-order valence-electron chi connectivity index (χ3n) is 4.01. The molecule has 0 aliphatic carbocycles. The molecule has 5 heteroatoms. The van der Waals surface area contributed by atoms with E-state index in [0.717, 1.165) is 11.1 Å². The van der Waals surface area contributed by atoms with Gasteiger partial charge in [-0.2, -0.15) is 0 Å². The first kappa shape index (κ1) is 14.3. The topological polar surface area (TPSA) is 81.0 Å². The Hall–Kier alpha value is -2.69. The molecule has 22 heavy (non-hydrogen) atoms. The Morgan fingerprint density at radius 2 is 1.77 bits per heavy atom. The molecule has 0 fully saturated rings. The van der Waals surface area contributed by atoms with Crippen molar-refractivity contribution in [3.8, 4) is 17.2 Å². The van der Waals surface area contributed by atoms with E-state index in [9.17, 15) is 20.1 Å². The van der Waals surface area contributed by atoms with Gasteiger partial charge in [0.2, 0.25) is 0 Å². The SMILES string of the molecule is CCc1cc(C(=O)N2Cc3ccc(O)cc3C2)c(O)cc1O. The van der Waals surface area contributed by atoms with E-state index in [4.69, 9.17) is 0 Å². The summed E-state index contributed by atoms with van der Waals surface area (Å²) < 4.78 is 0. The smallest absolute Gasteiger partial charge is 0.258 e. The van der Waals surface area contributed by atoms with Gasteiger partial charge in [-0.15, -0.1) is 0 Å². The van der Waals surface area contributed by atoms with Crippen LogP contribution in [0.2, 0.25) is 0 Å². The largest absolute Gasteiger partial charge is 0.508 e. The summed E-state index contributed by atoms with van der Waals surface area (Å²) in [6, 6.07) is 7.79. The lowest BCUT2D eigenvalue weighted by Crippen LogP contribution is -2.25. The Morgan fingerprint density at radius 3 is 2.50 bits per heavy atom. The number of aryl methyl sites for hydroxylation is 1. The van der Waals surface area contributed by atoms with Gasteiger partial charge in [0, 0.05) is 19.2 Å². The van der Waals surface area contributed by atoms with E-state index in [1.165, 1.54) is 12.1 Å². The Labute approximate surface area is 128 Å². The van der Waals surface area contributed by atoms with Gasteiger partial charge in [-0.1, -0.05) is 13.0 Å². The predicted octanol–water partition coefficient (Wildman–Crippen LogP) is 2.52. The van der Waals surface area contributed by atoms with Crippen LogP contribution in [0.15, 0.2) is 30.3 Å². The average Bonchev–Trinajstić information content (AvgIpc) is 2.89. The van der Waals surface area contributed by atoms with Crippen molar-refractivity contribution in [1.82, 2.24) is 4.90 Å². The third kappa shape index (κ3) is 2.35. The first-order chi connectivity index (χ1) is 10.5. The van der Waals surface area contributed by atoms with Crippen LogP contribution in [0.4, 0.5) is 0 Å². The average molecular weight is 299 g/mol. The number of rotatable bonds is 2. The van der Waals surface area contributed by atoms with Crippen LogP contribution in [0.3, 0.4) is 0 Å². The van der Waals surface area contributed by atoms with Crippen LogP contribution in [0, 0.1) is 0 Å². The third-order valence-corrected chi connectivity index (χ3v) is 4.01. The van der Waals surface area contributed by atoms with E-state index in [0.29, 0.717) is 25.1 Å². The highest BCUT2D eigenvalue weighted by molar-refractivity contribution is 5.97. The highest BCUT2D eigenvalue weighted by Gasteiger charge is 2.26. The van der Waals surface area contributed by atoms with Crippen LogP contribution in [0.1, 0.15) is 34.0 Å². The van der Waals surface area contributed by atoms with Crippen LogP contribution in [0.5, 0.6) is 17.2 Å². The molecule has 0 bridgehead atoms. The molecule has 5 nitrogen and oxygen atoms in total. The number of hydrogen-bond acceptors (Lipinski definition) is 4. The van der Waals surface area contributed by atoms with Crippen molar-refractivity contribution in [3.05, 3.63) is 52.6 Å². The van der Waals surface area contributed by atoms with Crippen LogP contribution in [-0.4, -0.2) is 26.1 Å². The Kier molecular flexibility index (Phi) is 3.41. The fraction of sp³-hybridized carbons (Fsp3) is 0.235. The zero-order valence-electron chi connectivity index (χ0n) is 12.2. The number of aromatic hydroxyl groups is 3. The van der Waals surface area contributed by atoms with Gasteiger partial charge in [0.25, 0.3) is 5.91 Å². The summed E-state index contributed by atoms with van der Waals surface area (Å²) in [5, 5.41) is 29.2. The molecule has 1 amide bonds. The molecule has 1 aliphatic heterocycles. The van der Waals surface area contributed by atoms with Gasteiger partial charge >= 0.3 is 0 Å². The minimum atomic E-state index is -0.289. The predicted molar refractivity (Wildman–Crippen MR) is 80.8 cm³/mol. The molecule has 0 spiro atoms. The van der Waals surface area contributed by atoms with E-state index in [1.807, 2.05) is 6.92 Å². The van der Waals surface area contributed by atoms with Crippen molar-refractivity contribution in [3.63, 3.8) is 0 Å². The summed E-state index contributed by atoms with van der Waals surface area (Å²) in [6.07, 6.45) is 0.570. The van der Waals surface area contributed by atoms with Crippen molar-refractivity contribution >= 4 is 5.91 Å². The van der Waals surface area contributed by atoms with Crippen molar-refractivity contribution in [2.24, 2.45) is 0 Å². The summed E-state index contributed by atoms with van der Waals surface area (Å²) in [7, 11) is 0. The number of carbonyl (C=O) groups excluding carboxylic acids is 1. The molecule has 3 N–H and O–H groups in total. The summed E-state index contributed by atoms with van der Waals surface area (Å²) in [5.74, 6) is -0.346. The van der Waals surface area contributed by atoms with E-state index in [-0.39, 0.29) is 28.7 Å². The molecule has 0 saturated carbocycles. The van der Waals surface area contributed by atoms with Gasteiger partial charge in [0.1, 0.15) is 17.2 Å². The fourth-order valence-corrected chi connectivity index (χ4v) is 2.77. The van der Waals surface area contributed by atoms with Gasteiger partial charge in [0.15, 0.2) is 0 Å². The summed E-state index contributed by atoms with van der Waals surface area (Å²) in [4.78, 5) is 14.2. The maximum Gasteiger partial charge on any atom is 0.258 e. The highest BCUT2D eigenvalue weighted by Crippen LogP contribution is 2.32. The lowest BCUT2D eigenvalue weighted by molar-refractivity contribution is 0.0748. The van der Waals surface area contributed by atoms with E-state index in [2.05, 4.69) is 0 Å². The van der Waals surface area contributed by atoms with Gasteiger partial charge in [-0.3, -0.25) is 4.79 Å². The number of carbonyl (C=O) groups is 1. The molecule has 1 aliphatic rings. The molecule has 2 aromatic carbocycles. The lowest BCUT2D eigenvalue weighted by Gasteiger charge is -2.17. The van der Waals surface area contributed by atoms with Crippen molar-refractivity contribution in [2.75, 3.05) is 0 Å². The maximum atomic E-state index is 12.6.